The summed E-state index contributed by atoms with van der Waals surface area (Å²) in [5, 5.41) is 9.39. The number of hydrogen-bond donors (Lipinski definition) is 1. The van der Waals surface area contributed by atoms with Crippen LogP contribution in [-0.2, 0) is 4.74 Å². The lowest BCUT2D eigenvalue weighted by molar-refractivity contribution is -0.863. The Bertz CT molecular complexity index is 230. The van der Waals surface area contributed by atoms with Crippen LogP contribution in [0.3, 0.4) is 0 Å². The van der Waals surface area contributed by atoms with E-state index in [4.69, 9.17) is 4.74 Å². The summed E-state index contributed by atoms with van der Waals surface area (Å²) >= 11 is 0. The molecule has 3 nitrogen and oxygen atoms in total. The van der Waals surface area contributed by atoms with Gasteiger partial charge >= 0.3 is 5.95 Å². The van der Waals surface area contributed by atoms with Crippen molar-refractivity contribution >= 4 is 0 Å². The number of methoxy groups -OCH3 is 1. The molecule has 15 heavy (non-hydrogen) atoms. The summed E-state index contributed by atoms with van der Waals surface area (Å²) in [4.78, 5) is 0. The van der Waals surface area contributed by atoms with Gasteiger partial charge < -0.3 is 9.84 Å². The summed E-state index contributed by atoms with van der Waals surface area (Å²) in [7, 11) is 1.43. The van der Waals surface area contributed by atoms with Gasteiger partial charge in [0.05, 0.1) is 7.11 Å². The van der Waals surface area contributed by atoms with Gasteiger partial charge in [0, 0.05) is 0 Å². The molecule has 0 aromatic heterocycles. The highest BCUT2D eigenvalue weighted by atomic mass is 16.6. The first kappa shape index (κ1) is 13.5. The molecule has 0 aliphatic rings. The van der Waals surface area contributed by atoms with Gasteiger partial charge in [-0.05, 0) is 18.2 Å². The highest BCUT2D eigenvalue weighted by molar-refractivity contribution is 4.83. The zero-order valence-electron chi connectivity index (χ0n) is 9.35. The molecule has 0 radical (unpaired) electrons. The van der Waals surface area contributed by atoms with Gasteiger partial charge in [0.2, 0.25) is 0 Å². The lowest BCUT2D eigenvalue weighted by atomic mass is 10.3. The van der Waals surface area contributed by atoms with Crippen molar-refractivity contribution < 1.29 is 14.3 Å². The normalized spacial score (nSPS) is 11.9. The maximum Gasteiger partial charge on any atom is 0.332 e. The van der Waals surface area contributed by atoms with E-state index in [1.807, 2.05) is 0 Å². The van der Waals surface area contributed by atoms with Crippen molar-refractivity contribution in [3.63, 3.8) is 0 Å². The van der Waals surface area contributed by atoms with Crippen LogP contribution < -0.4 is 0 Å². The fourth-order valence-electron chi connectivity index (χ4n) is 1.44. The van der Waals surface area contributed by atoms with Gasteiger partial charge in [0.1, 0.15) is 19.6 Å². The molecule has 0 aromatic rings. The van der Waals surface area contributed by atoms with Gasteiger partial charge in [-0.2, -0.15) is 0 Å². The van der Waals surface area contributed by atoms with E-state index in [1.54, 1.807) is 24.4 Å². The summed E-state index contributed by atoms with van der Waals surface area (Å²) in [6.45, 7) is 13.2. The first-order valence-corrected chi connectivity index (χ1v) is 4.78. The van der Waals surface area contributed by atoms with Crippen molar-refractivity contribution in [1.29, 1.82) is 0 Å². The third-order valence-corrected chi connectivity index (χ3v) is 2.07. The molecular formula is C12H20NO2+. The molecule has 0 amide bonds. The third kappa shape index (κ3) is 4.51. The first-order valence-electron chi connectivity index (χ1n) is 4.78. The number of aliphatic hydroxyl groups is 1. The number of rotatable bonds is 8. The fourth-order valence-corrected chi connectivity index (χ4v) is 1.44. The van der Waals surface area contributed by atoms with E-state index in [0.29, 0.717) is 24.1 Å². The molecule has 84 valence electrons. The fraction of sp³-hybridized carbons (Fsp3) is 0.333. The molecule has 0 rings (SSSR count). The Morgan fingerprint density at radius 1 is 1.13 bits per heavy atom. The van der Waals surface area contributed by atoms with Crippen LogP contribution in [0, 0.1) is 0 Å². The topological polar surface area (TPSA) is 29.5 Å². The van der Waals surface area contributed by atoms with Crippen LogP contribution in [0.15, 0.2) is 50.1 Å². The standard InChI is InChI=1S/C12H19NO2/c1-5-8-13(9-6-2,10-7-3)11-12(14)15-4/h5-7,11H,1-3,8-10H2,4H3/p+1/b12-11+. The molecule has 0 saturated heterocycles. The number of ether oxygens (including phenoxy) is 1. The Morgan fingerprint density at radius 3 is 1.80 bits per heavy atom. The molecule has 0 atom stereocenters. The van der Waals surface area contributed by atoms with E-state index in [-0.39, 0.29) is 5.95 Å². The van der Waals surface area contributed by atoms with Gasteiger partial charge in [-0.1, -0.05) is 19.7 Å². The van der Waals surface area contributed by atoms with Crippen molar-refractivity contribution in [2.24, 2.45) is 0 Å². The van der Waals surface area contributed by atoms with E-state index in [9.17, 15) is 5.11 Å². The monoisotopic (exact) mass is 210 g/mol. The highest BCUT2D eigenvalue weighted by Gasteiger charge is 2.22. The van der Waals surface area contributed by atoms with Crippen molar-refractivity contribution in [3.05, 3.63) is 50.1 Å². The molecule has 0 aromatic carbocycles. The van der Waals surface area contributed by atoms with E-state index < -0.39 is 0 Å². The van der Waals surface area contributed by atoms with Gasteiger partial charge in [-0.15, -0.1) is 0 Å². The second kappa shape index (κ2) is 6.90. The van der Waals surface area contributed by atoms with E-state index in [0.717, 1.165) is 0 Å². The zero-order valence-corrected chi connectivity index (χ0v) is 9.35. The van der Waals surface area contributed by atoms with Crippen LogP contribution in [0.2, 0.25) is 0 Å². The Labute approximate surface area is 91.9 Å². The van der Waals surface area contributed by atoms with Gasteiger partial charge in [-0.25, -0.2) is 0 Å². The molecule has 0 saturated carbocycles. The molecule has 0 aliphatic heterocycles. The predicted octanol–water partition coefficient (Wildman–Crippen LogP) is 2.36. The summed E-state index contributed by atoms with van der Waals surface area (Å²) in [6.07, 6.45) is 7.04. The third-order valence-electron chi connectivity index (χ3n) is 2.07. The minimum Gasteiger partial charge on any atom is -0.477 e. The largest absolute Gasteiger partial charge is 0.477 e. The van der Waals surface area contributed by atoms with Crippen LogP contribution in [-0.4, -0.2) is 36.3 Å². The molecule has 3 heteroatoms. The predicted molar refractivity (Wildman–Crippen MR) is 63.2 cm³/mol. The molecule has 0 fully saturated rings. The van der Waals surface area contributed by atoms with Crippen LogP contribution >= 0.6 is 0 Å². The number of hydrogen-bond acceptors (Lipinski definition) is 2. The summed E-state index contributed by atoms with van der Waals surface area (Å²) in [5.41, 5.74) is 0. The van der Waals surface area contributed by atoms with E-state index in [2.05, 4.69) is 19.7 Å². The van der Waals surface area contributed by atoms with Crippen LogP contribution in [0.4, 0.5) is 0 Å². The quantitative estimate of drug-likeness (QED) is 0.378. The molecule has 0 bridgehead atoms. The molecule has 0 unspecified atom stereocenters. The maximum absolute atomic E-state index is 9.39. The average Bonchev–Trinajstić information content (AvgIpc) is 2.18. The lowest BCUT2D eigenvalue weighted by Gasteiger charge is -2.31. The Balaban J connectivity index is 4.98. The summed E-state index contributed by atoms with van der Waals surface area (Å²) in [5.74, 6) is -0.0967. The van der Waals surface area contributed by atoms with Crippen LogP contribution in [0.25, 0.3) is 0 Å². The molecule has 0 spiro atoms. The average molecular weight is 210 g/mol. The smallest absolute Gasteiger partial charge is 0.332 e. The Hall–Kier alpha value is -1.48. The summed E-state index contributed by atoms with van der Waals surface area (Å²) in [6, 6.07) is 0. The van der Waals surface area contributed by atoms with Crippen molar-refractivity contribution in [1.82, 2.24) is 0 Å². The SMILES string of the molecule is C=CC[N+](/C=C(\O)OC)(CC=C)CC=C. The number of nitrogens with zero attached hydrogens (tertiary/aromatic N) is 1. The lowest BCUT2D eigenvalue weighted by Crippen LogP contribution is -2.43. The minimum atomic E-state index is -0.0967. The highest BCUT2D eigenvalue weighted by Crippen LogP contribution is 2.11. The molecule has 0 aliphatic carbocycles. The summed E-state index contributed by atoms with van der Waals surface area (Å²) < 4.78 is 5.23. The second-order valence-electron chi connectivity index (χ2n) is 3.30. The molecule has 1 N–H and O–H groups in total. The maximum atomic E-state index is 9.39. The van der Waals surface area contributed by atoms with E-state index >= 15 is 0 Å². The van der Waals surface area contributed by atoms with Crippen molar-refractivity contribution in [2.75, 3.05) is 26.7 Å². The number of aliphatic hydroxyl groups excluding tert-OH is 1. The first-order chi connectivity index (χ1) is 7.14. The number of quaternary nitrogens is 1. The second-order valence-corrected chi connectivity index (χ2v) is 3.30. The van der Waals surface area contributed by atoms with Gasteiger partial charge in [0.15, 0.2) is 6.20 Å². The van der Waals surface area contributed by atoms with Crippen molar-refractivity contribution in [2.45, 2.75) is 0 Å². The van der Waals surface area contributed by atoms with Crippen molar-refractivity contribution in [3.8, 4) is 0 Å². The molecular weight excluding hydrogens is 190 g/mol. The van der Waals surface area contributed by atoms with E-state index in [1.165, 1.54) is 7.11 Å². The van der Waals surface area contributed by atoms with Gasteiger partial charge in [-0.3, -0.25) is 4.48 Å². The zero-order chi connectivity index (χ0) is 11.7. The Morgan fingerprint density at radius 2 is 1.53 bits per heavy atom. The van der Waals surface area contributed by atoms with Crippen LogP contribution in [0.1, 0.15) is 0 Å². The van der Waals surface area contributed by atoms with Crippen LogP contribution in [0.5, 0.6) is 0 Å². The minimum absolute atomic E-state index is 0.0967. The Kier molecular flexibility index (Phi) is 6.22. The molecule has 0 heterocycles. The van der Waals surface area contributed by atoms with Gasteiger partial charge in [0.25, 0.3) is 0 Å².